The molecule has 1 saturated carbocycles. The van der Waals surface area contributed by atoms with Gasteiger partial charge in [0.2, 0.25) is 0 Å². The number of esters is 1. The Kier molecular flexibility index (Phi) is 5.33. The highest BCUT2D eigenvalue weighted by Gasteiger charge is 2.34. The third-order valence-electron chi connectivity index (χ3n) is 4.96. The van der Waals surface area contributed by atoms with Crippen LogP contribution in [0.3, 0.4) is 0 Å². The molecule has 1 amide bonds. The summed E-state index contributed by atoms with van der Waals surface area (Å²) in [5, 5.41) is 7.64. The van der Waals surface area contributed by atoms with Crippen LogP contribution in [-0.4, -0.2) is 33.3 Å². The largest absolute Gasteiger partial charge is 0.460 e. The van der Waals surface area contributed by atoms with Gasteiger partial charge in [-0.1, -0.05) is 13.0 Å². The van der Waals surface area contributed by atoms with Gasteiger partial charge >= 0.3 is 5.97 Å². The number of benzene rings is 1. The van der Waals surface area contributed by atoms with Crippen molar-refractivity contribution < 1.29 is 14.3 Å². The molecule has 0 saturated heterocycles. The minimum Gasteiger partial charge on any atom is -0.460 e. The van der Waals surface area contributed by atoms with E-state index < -0.39 is 5.60 Å². The molecule has 1 aromatic carbocycles. The maximum atomic E-state index is 12.5. The lowest BCUT2D eigenvalue weighted by Gasteiger charge is -2.19. The number of nitrogens with one attached hydrogen (secondary N) is 1. The van der Waals surface area contributed by atoms with Gasteiger partial charge in [-0.05, 0) is 65.2 Å². The van der Waals surface area contributed by atoms with E-state index in [1.54, 1.807) is 10.7 Å². The molecule has 6 nitrogen and oxygen atoms in total. The lowest BCUT2D eigenvalue weighted by atomic mass is 10.1. The predicted octanol–water partition coefficient (Wildman–Crippen LogP) is 3.51. The van der Waals surface area contributed by atoms with Crippen LogP contribution in [0.5, 0.6) is 0 Å². The molecular weight excluding hydrogens is 354 g/mol. The van der Waals surface area contributed by atoms with Crippen LogP contribution in [0.25, 0.3) is 5.69 Å². The fourth-order valence-electron chi connectivity index (χ4n) is 3.26. The average molecular weight is 383 g/mol. The van der Waals surface area contributed by atoms with Gasteiger partial charge in [0.25, 0.3) is 5.91 Å². The van der Waals surface area contributed by atoms with Gasteiger partial charge in [0.05, 0.1) is 17.8 Å². The van der Waals surface area contributed by atoms with E-state index in [9.17, 15) is 9.59 Å². The number of ether oxygens (including phenoxy) is 1. The van der Waals surface area contributed by atoms with Gasteiger partial charge in [-0.15, -0.1) is 0 Å². The van der Waals surface area contributed by atoms with E-state index in [4.69, 9.17) is 4.74 Å². The summed E-state index contributed by atoms with van der Waals surface area (Å²) in [6.45, 7) is 11.5. The monoisotopic (exact) mass is 383 g/mol. The zero-order chi connectivity index (χ0) is 20.6. The lowest BCUT2D eigenvalue weighted by Crippen LogP contribution is -2.26. The highest BCUT2D eigenvalue weighted by atomic mass is 16.6. The molecule has 1 aliphatic carbocycles. The van der Waals surface area contributed by atoms with Crippen LogP contribution in [0.4, 0.5) is 0 Å². The molecule has 2 aromatic rings. The highest BCUT2D eigenvalue weighted by molar-refractivity contribution is 5.95. The van der Waals surface area contributed by atoms with Gasteiger partial charge in [-0.25, -0.2) is 4.68 Å². The van der Waals surface area contributed by atoms with E-state index in [0.717, 1.165) is 29.1 Å². The zero-order valence-corrected chi connectivity index (χ0v) is 17.5. The van der Waals surface area contributed by atoms with E-state index in [1.165, 1.54) is 0 Å². The number of nitrogens with zero attached hydrogens (tertiary/aromatic N) is 2. The van der Waals surface area contributed by atoms with Gasteiger partial charge in [-0.3, -0.25) is 9.59 Å². The van der Waals surface area contributed by atoms with Crippen molar-refractivity contribution in [2.75, 3.05) is 0 Å². The predicted molar refractivity (Wildman–Crippen MR) is 108 cm³/mol. The number of carbonyl (C=O) groups excluding carboxylic acids is 2. The maximum absolute atomic E-state index is 12.5. The zero-order valence-electron chi connectivity index (χ0n) is 17.5. The quantitative estimate of drug-likeness (QED) is 0.802. The van der Waals surface area contributed by atoms with E-state index >= 15 is 0 Å². The lowest BCUT2D eigenvalue weighted by molar-refractivity contribution is -0.153. The van der Waals surface area contributed by atoms with E-state index in [-0.39, 0.29) is 24.3 Å². The smallest absolute Gasteiger partial charge is 0.310 e. The maximum Gasteiger partial charge on any atom is 0.310 e. The van der Waals surface area contributed by atoms with Gasteiger partial charge in [0, 0.05) is 22.9 Å². The van der Waals surface area contributed by atoms with Crippen molar-refractivity contribution in [1.82, 2.24) is 15.1 Å². The first-order valence-electron chi connectivity index (χ1n) is 9.73. The number of rotatable bonds is 5. The van der Waals surface area contributed by atoms with Gasteiger partial charge in [0.15, 0.2) is 0 Å². The second-order valence-electron chi connectivity index (χ2n) is 8.67. The molecule has 2 unspecified atom stereocenters. The Morgan fingerprint density at radius 2 is 1.96 bits per heavy atom. The molecule has 1 N–H and O–H groups in total. The Balaban J connectivity index is 1.81. The van der Waals surface area contributed by atoms with E-state index in [2.05, 4.69) is 17.3 Å². The fraction of sp³-hybridized carbons (Fsp3) is 0.500. The summed E-state index contributed by atoms with van der Waals surface area (Å²) >= 11 is 0. The summed E-state index contributed by atoms with van der Waals surface area (Å²) in [4.78, 5) is 24.7. The van der Waals surface area contributed by atoms with Crippen molar-refractivity contribution in [3.63, 3.8) is 0 Å². The molecule has 3 rings (SSSR count). The molecule has 150 valence electrons. The molecule has 6 heteroatoms. The highest BCUT2D eigenvalue weighted by Crippen LogP contribution is 2.29. The van der Waals surface area contributed by atoms with Crippen molar-refractivity contribution >= 4 is 11.9 Å². The normalized spacial score (nSPS) is 18.6. The summed E-state index contributed by atoms with van der Waals surface area (Å²) in [6, 6.07) is 7.68. The number of aromatic nitrogens is 2. The van der Waals surface area contributed by atoms with Gasteiger partial charge < -0.3 is 10.1 Å². The average Bonchev–Trinajstić information content (AvgIpc) is 3.22. The molecular formula is C22H29N3O3. The molecule has 0 bridgehead atoms. The fourth-order valence-corrected chi connectivity index (χ4v) is 3.26. The molecule has 28 heavy (non-hydrogen) atoms. The Morgan fingerprint density at radius 1 is 1.29 bits per heavy atom. The molecule has 1 fully saturated rings. The van der Waals surface area contributed by atoms with Crippen LogP contribution in [0.15, 0.2) is 24.3 Å². The molecule has 1 heterocycles. The van der Waals surface area contributed by atoms with E-state index in [0.29, 0.717) is 11.5 Å². The summed E-state index contributed by atoms with van der Waals surface area (Å²) < 4.78 is 7.22. The Labute approximate surface area is 166 Å². The van der Waals surface area contributed by atoms with Crippen LogP contribution in [0.1, 0.15) is 61.4 Å². The van der Waals surface area contributed by atoms with Crippen LogP contribution in [0.2, 0.25) is 0 Å². The Morgan fingerprint density at radius 3 is 2.57 bits per heavy atom. The number of amides is 1. The first-order chi connectivity index (χ1) is 13.0. The second-order valence-corrected chi connectivity index (χ2v) is 8.67. The first-order valence-corrected chi connectivity index (χ1v) is 9.73. The topological polar surface area (TPSA) is 73.2 Å². The van der Waals surface area contributed by atoms with Crippen molar-refractivity contribution in [2.24, 2.45) is 5.92 Å². The summed E-state index contributed by atoms with van der Waals surface area (Å²) in [6.07, 6.45) is 1.21. The molecule has 0 aliphatic heterocycles. The Bertz CT molecular complexity index is 908. The molecule has 0 spiro atoms. The van der Waals surface area contributed by atoms with Gasteiger partial charge in [-0.2, -0.15) is 5.10 Å². The van der Waals surface area contributed by atoms with E-state index in [1.807, 2.05) is 52.8 Å². The number of carbonyl (C=O) groups is 2. The van der Waals surface area contributed by atoms with Crippen molar-refractivity contribution in [3.8, 4) is 5.69 Å². The SMILES string of the molecule is Cc1nn(-c2cccc(C(=O)NC3CC3C)c2)c(C)c1CC(=O)OC(C)(C)C. The summed E-state index contributed by atoms with van der Waals surface area (Å²) in [5.74, 6) is 0.218. The number of aryl methyl sites for hydroxylation is 1. The van der Waals surface area contributed by atoms with Crippen molar-refractivity contribution in [2.45, 2.75) is 66.0 Å². The third-order valence-corrected chi connectivity index (χ3v) is 4.96. The molecule has 2 atom stereocenters. The minimum atomic E-state index is -0.518. The van der Waals surface area contributed by atoms with Gasteiger partial charge in [0.1, 0.15) is 5.60 Å². The molecule has 0 radical (unpaired) electrons. The second kappa shape index (κ2) is 7.41. The van der Waals surface area contributed by atoms with Crippen LogP contribution in [0, 0.1) is 19.8 Å². The third kappa shape index (κ3) is 4.61. The van der Waals surface area contributed by atoms with Crippen molar-refractivity contribution in [1.29, 1.82) is 0 Å². The van der Waals surface area contributed by atoms with Crippen LogP contribution >= 0.6 is 0 Å². The minimum absolute atomic E-state index is 0.0632. The van der Waals surface area contributed by atoms with Crippen LogP contribution < -0.4 is 5.32 Å². The summed E-state index contributed by atoms with van der Waals surface area (Å²) in [7, 11) is 0. The molecule has 1 aromatic heterocycles. The van der Waals surface area contributed by atoms with Crippen LogP contribution in [-0.2, 0) is 16.0 Å². The molecule has 1 aliphatic rings. The number of hydrogen-bond acceptors (Lipinski definition) is 4. The first kappa shape index (κ1) is 20.1. The standard InChI is InChI=1S/C22H29N3O3/c1-13-10-19(13)23-21(27)16-8-7-9-17(11-16)25-15(3)18(14(2)24-25)12-20(26)28-22(4,5)6/h7-9,11,13,19H,10,12H2,1-6H3,(H,23,27). The van der Waals surface area contributed by atoms with Crippen molar-refractivity contribution in [3.05, 3.63) is 46.8 Å². The number of hydrogen-bond donors (Lipinski definition) is 1. The Hall–Kier alpha value is -2.63. The summed E-state index contributed by atoms with van der Waals surface area (Å²) in [5.41, 5.74) is 3.40.